The van der Waals surface area contributed by atoms with E-state index in [1.54, 1.807) is 0 Å². The molecule has 0 spiro atoms. The molecule has 18 heavy (non-hydrogen) atoms. The lowest BCUT2D eigenvalue weighted by atomic mass is 10.1. The minimum atomic E-state index is 0.292. The highest BCUT2D eigenvalue weighted by molar-refractivity contribution is 5.07. The Morgan fingerprint density at radius 3 is 2.78 bits per heavy atom. The molecule has 0 aromatic carbocycles. The van der Waals surface area contributed by atoms with Crippen LogP contribution in [-0.4, -0.2) is 58.6 Å². The fourth-order valence-corrected chi connectivity index (χ4v) is 2.84. The second-order valence-electron chi connectivity index (χ2n) is 5.22. The summed E-state index contributed by atoms with van der Waals surface area (Å²) in [6, 6.07) is 0.932. The van der Waals surface area contributed by atoms with Gasteiger partial charge < -0.3 is 15.2 Å². The first-order valence-corrected chi connectivity index (χ1v) is 6.78. The van der Waals surface area contributed by atoms with Gasteiger partial charge in [0.15, 0.2) is 0 Å². The van der Waals surface area contributed by atoms with Gasteiger partial charge in [0.05, 0.1) is 18.1 Å². The number of aromatic nitrogens is 2. The van der Waals surface area contributed by atoms with Crippen LogP contribution in [0.15, 0.2) is 12.5 Å². The minimum absolute atomic E-state index is 0.292. The Labute approximate surface area is 110 Å². The van der Waals surface area contributed by atoms with Crippen molar-refractivity contribution in [2.24, 2.45) is 12.8 Å². The largest absolute Gasteiger partial charge is 0.336 e. The van der Waals surface area contributed by atoms with Crippen LogP contribution in [0.3, 0.4) is 0 Å². The summed E-state index contributed by atoms with van der Waals surface area (Å²) in [5.41, 5.74) is 7.21. The highest BCUT2D eigenvalue weighted by Gasteiger charge is 2.29. The van der Waals surface area contributed by atoms with Crippen molar-refractivity contribution in [2.45, 2.75) is 25.4 Å². The van der Waals surface area contributed by atoms with Crippen molar-refractivity contribution in [2.75, 3.05) is 33.2 Å². The highest BCUT2D eigenvalue weighted by atomic mass is 15.3. The van der Waals surface area contributed by atoms with Crippen LogP contribution in [-0.2, 0) is 7.05 Å². The van der Waals surface area contributed by atoms with E-state index in [9.17, 15) is 0 Å². The first-order chi connectivity index (χ1) is 8.67. The van der Waals surface area contributed by atoms with Crippen molar-refractivity contribution in [1.29, 1.82) is 0 Å². The van der Waals surface area contributed by atoms with Gasteiger partial charge >= 0.3 is 0 Å². The predicted molar refractivity (Wildman–Crippen MR) is 73.3 cm³/mol. The summed E-state index contributed by atoms with van der Waals surface area (Å²) in [5.74, 6) is 0. The number of aryl methyl sites for hydroxylation is 1. The van der Waals surface area contributed by atoms with Crippen LogP contribution < -0.4 is 5.73 Å². The molecule has 2 N–H and O–H groups in total. The van der Waals surface area contributed by atoms with Gasteiger partial charge in [0.2, 0.25) is 0 Å². The van der Waals surface area contributed by atoms with Crippen molar-refractivity contribution in [3.8, 4) is 0 Å². The Kier molecular flexibility index (Phi) is 4.37. The first-order valence-electron chi connectivity index (χ1n) is 6.78. The van der Waals surface area contributed by atoms with E-state index >= 15 is 0 Å². The Morgan fingerprint density at radius 2 is 2.22 bits per heavy atom. The Balaban J connectivity index is 2.12. The molecule has 1 aliphatic rings. The zero-order valence-corrected chi connectivity index (χ0v) is 11.7. The van der Waals surface area contributed by atoms with Crippen LogP contribution in [0.2, 0.25) is 0 Å². The molecule has 1 aromatic rings. The predicted octanol–water partition coefficient (Wildman–Crippen LogP) is 0.446. The molecule has 2 unspecified atom stereocenters. The quantitative estimate of drug-likeness (QED) is 0.844. The molecule has 0 aliphatic carbocycles. The maximum atomic E-state index is 5.99. The lowest BCUT2D eigenvalue weighted by Crippen LogP contribution is -2.53. The average Bonchev–Trinajstić information content (AvgIpc) is 2.79. The first kappa shape index (κ1) is 13.5. The van der Waals surface area contributed by atoms with Crippen LogP contribution >= 0.6 is 0 Å². The topological polar surface area (TPSA) is 50.3 Å². The summed E-state index contributed by atoms with van der Waals surface area (Å²) >= 11 is 0. The molecule has 1 fully saturated rings. The maximum Gasteiger partial charge on any atom is 0.0946 e. The summed E-state index contributed by atoms with van der Waals surface area (Å²) in [6.07, 6.45) is 4.98. The molecular weight excluding hydrogens is 226 g/mol. The Morgan fingerprint density at radius 1 is 1.44 bits per heavy atom. The van der Waals surface area contributed by atoms with Crippen molar-refractivity contribution in [1.82, 2.24) is 19.4 Å². The molecule has 5 nitrogen and oxygen atoms in total. The van der Waals surface area contributed by atoms with E-state index in [4.69, 9.17) is 5.73 Å². The Bertz CT molecular complexity index is 375. The summed E-state index contributed by atoms with van der Waals surface area (Å²) in [4.78, 5) is 9.17. The molecule has 2 atom stereocenters. The number of piperazine rings is 1. The standard InChI is InChI=1S/C13H25N5/c1-4-11-9-18(6-5-16(11)2)12(7-14)13-8-15-10-17(13)3/h8,10-12H,4-7,9,14H2,1-3H3. The molecule has 1 saturated heterocycles. The van der Waals surface area contributed by atoms with E-state index in [-0.39, 0.29) is 0 Å². The molecule has 102 valence electrons. The van der Waals surface area contributed by atoms with E-state index in [0.717, 1.165) is 19.6 Å². The summed E-state index contributed by atoms with van der Waals surface area (Å²) in [5, 5.41) is 0. The third kappa shape index (κ3) is 2.58. The lowest BCUT2D eigenvalue weighted by molar-refractivity contribution is 0.0622. The third-order valence-corrected chi connectivity index (χ3v) is 4.14. The van der Waals surface area contributed by atoms with Crippen molar-refractivity contribution in [3.63, 3.8) is 0 Å². The maximum absolute atomic E-state index is 5.99. The zero-order valence-electron chi connectivity index (χ0n) is 11.7. The zero-order chi connectivity index (χ0) is 13.1. The van der Waals surface area contributed by atoms with E-state index in [2.05, 4.69) is 33.3 Å². The number of hydrogen-bond acceptors (Lipinski definition) is 4. The van der Waals surface area contributed by atoms with Crippen molar-refractivity contribution < 1.29 is 0 Å². The van der Waals surface area contributed by atoms with Crippen molar-refractivity contribution >= 4 is 0 Å². The van der Waals surface area contributed by atoms with E-state index in [0.29, 0.717) is 18.6 Å². The second-order valence-corrected chi connectivity index (χ2v) is 5.22. The number of likely N-dealkylation sites (N-methyl/N-ethyl adjacent to an activating group) is 1. The van der Waals surface area contributed by atoms with Gasteiger partial charge in [-0.15, -0.1) is 0 Å². The second kappa shape index (κ2) is 5.82. The summed E-state index contributed by atoms with van der Waals surface area (Å²) in [6.45, 7) is 6.21. The number of hydrogen-bond donors (Lipinski definition) is 1. The van der Waals surface area contributed by atoms with Crippen LogP contribution in [0.5, 0.6) is 0 Å². The molecule has 1 aliphatic heterocycles. The molecule has 5 heteroatoms. The van der Waals surface area contributed by atoms with Gasteiger partial charge in [-0.05, 0) is 13.5 Å². The Hall–Kier alpha value is -0.910. The summed E-state index contributed by atoms with van der Waals surface area (Å²) < 4.78 is 2.08. The number of nitrogens with two attached hydrogens (primary N) is 1. The van der Waals surface area contributed by atoms with Crippen LogP contribution in [0, 0.1) is 0 Å². The fourth-order valence-electron chi connectivity index (χ4n) is 2.84. The van der Waals surface area contributed by atoms with E-state index < -0.39 is 0 Å². The van der Waals surface area contributed by atoms with E-state index in [1.165, 1.54) is 12.1 Å². The average molecular weight is 251 g/mol. The molecule has 0 saturated carbocycles. The molecule has 0 bridgehead atoms. The number of nitrogens with zero attached hydrogens (tertiary/aromatic N) is 4. The van der Waals surface area contributed by atoms with Gasteiger partial charge in [-0.25, -0.2) is 4.98 Å². The van der Waals surface area contributed by atoms with Crippen LogP contribution in [0.4, 0.5) is 0 Å². The molecule has 0 amide bonds. The molecule has 1 aromatic heterocycles. The monoisotopic (exact) mass is 251 g/mol. The lowest BCUT2D eigenvalue weighted by Gasteiger charge is -2.42. The minimum Gasteiger partial charge on any atom is -0.336 e. The van der Waals surface area contributed by atoms with Gasteiger partial charge in [-0.1, -0.05) is 6.92 Å². The molecule has 2 rings (SSSR count). The number of imidazole rings is 1. The van der Waals surface area contributed by atoms with Gasteiger partial charge in [0.25, 0.3) is 0 Å². The smallest absolute Gasteiger partial charge is 0.0946 e. The fraction of sp³-hybridized carbons (Fsp3) is 0.769. The molecule has 0 radical (unpaired) electrons. The molecule has 2 heterocycles. The van der Waals surface area contributed by atoms with Gasteiger partial charge in [-0.2, -0.15) is 0 Å². The third-order valence-electron chi connectivity index (χ3n) is 4.14. The van der Waals surface area contributed by atoms with Crippen molar-refractivity contribution in [3.05, 3.63) is 18.2 Å². The molecular formula is C13H25N5. The van der Waals surface area contributed by atoms with Gasteiger partial charge in [-0.3, -0.25) is 4.90 Å². The van der Waals surface area contributed by atoms with E-state index in [1.807, 2.05) is 19.6 Å². The number of rotatable bonds is 4. The summed E-state index contributed by atoms with van der Waals surface area (Å²) in [7, 11) is 4.26. The van der Waals surface area contributed by atoms with Crippen LogP contribution in [0.1, 0.15) is 25.1 Å². The SMILES string of the molecule is CCC1CN(C(CN)c2cncn2C)CCN1C. The van der Waals surface area contributed by atoms with Gasteiger partial charge in [0, 0.05) is 45.5 Å². The van der Waals surface area contributed by atoms with Gasteiger partial charge in [0.1, 0.15) is 0 Å². The van der Waals surface area contributed by atoms with Crippen LogP contribution in [0.25, 0.3) is 0 Å². The normalized spacial score (nSPS) is 24.3. The highest BCUT2D eigenvalue weighted by Crippen LogP contribution is 2.23.